The number of carbonyl (C=O) groups excluding carboxylic acids is 1. The second kappa shape index (κ2) is 9.64. The van der Waals surface area contributed by atoms with E-state index in [4.69, 9.17) is 9.47 Å². The monoisotopic (exact) mass is 334 g/mol. The number of hydrogen-bond acceptors (Lipinski definition) is 4. The molecule has 7 nitrogen and oxygen atoms in total. The van der Waals surface area contributed by atoms with Crippen LogP contribution in [-0.4, -0.2) is 45.3 Å². The summed E-state index contributed by atoms with van der Waals surface area (Å²) in [6.07, 6.45) is 2.22. The maximum Gasteiger partial charge on any atom is 0.231 e. The van der Waals surface area contributed by atoms with Gasteiger partial charge in [-0.3, -0.25) is 9.79 Å². The van der Waals surface area contributed by atoms with E-state index >= 15 is 0 Å². The van der Waals surface area contributed by atoms with E-state index in [0.29, 0.717) is 25.7 Å². The first-order valence-corrected chi connectivity index (χ1v) is 8.32. The lowest BCUT2D eigenvalue weighted by molar-refractivity contribution is -0.120. The Kier molecular flexibility index (Phi) is 7.20. The first-order valence-electron chi connectivity index (χ1n) is 8.32. The van der Waals surface area contributed by atoms with Gasteiger partial charge in [-0.2, -0.15) is 0 Å². The Morgan fingerprint density at radius 2 is 1.92 bits per heavy atom. The standard InChI is InChI=1S/C17H26N4O3/c1-3-8-19-16(22)7-10-21-17(18-2)20-9-6-13-4-5-14-15(11-13)24-12-23-14/h4-5,11H,3,6-10,12H2,1-2H3,(H,19,22)(H2,18,20,21). The fourth-order valence-corrected chi connectivity index (χ4v) is 2.29. The fourth-order valence-electron chi connectivity index (χ4n) is 2.29. The number of ether oxygens (including phenoxy) is 2. The maximum absolute atomic E-state index is 11.5. The topological polar surface area (TPSA) is 84.0 Å². The van der Waals surface area contributed by atoms with E-state index in [1.165, 1.54) is 5.56 Å². The minimum absolute atomic E-state index is 0.0557. The summed E-state index contributed by atoms with van der Waals surface area (Å²) in [7, 11) is 1.72. The van der Waals surface area contributed by atoms with Gasteiger partial charge in [0.15, 0.2) is 17.5 Å². The lowest BCUT2D eigenvalue weighted by Crippen LogP contribution is -2.40. The third kappa shape index (κ3) is 5.64. The van der Waals surface area contributed by atoms with Crippen molar-refractivity contribution in [1.82, 2.24) is 16.0 Å². The Labute approximate surface area is 142 Å². The molecular formula is C17H26N4O3. The molecule has 1 heterocycles. The molecule has 0 atom stereocenters. The van der Waals surface area contributed by atoms with Crippen LogP contribution in [0, 0.1) is 0 Å². The van der Waals surface area contributed by atoms with Crippen LogP contribution in [0.3, 0.4) is 0 Å². The highest BCUT2D eigenvalue weighted by molar-refractivity contribution is 5.81. The molecule has 2 rings (SSSR count). The highest BCUT2D eigenvalue weighted by atomic mass is 16.7. The van der Waals surface area contributed by atoms with Crippen molar-refractivity contribution in [3.8, 4) is 11.5 Å². The Bertz CT molecular complexity index is 575. The van der Waals surface area contributed by atoms with Crippen molar-refractivity contribution in [2.75, 3.05) is 33.5 Å². The lowest BCUT2D eigenvalue weighted by Gasteiger charge is -2.12. The highest BCUT2D eigenvalue weighted by Crippen LogP contribution is 2.32. The van der Waals surface area contributed by atoms with Gasteiger partial charge in [0, 0.05) is 33.1 Å². The molecule has 0 saturated heterocycles. The first-order chi connectivity index (χ1) is 11.7. The van der Waals surface area contributed by atoms with Gasteiger partial charge >= 0.3 is 0 Å². The van der Waals surface area contributed by atoms with Gasteiger partial charge in [-0.05, 0) is 30.5 Å². The van der Waals surface area contributed by atoms with Crippen LogP contribution in [0.15, 0.2) is 23.2 Å². The second-order valence-electron chi connectivity index (χ2n) is 5.46. The number of amides is 1. The third-order valence-corrected chi connectivity index (χ3v) is 3.58. The zero-order chi connectivity index (χ0) is 17.2. The third-order valence-electron chi connectivity index (χ3n) is 3.58. The Morgan fingerprint density at radius 3 is 2.71 bits per heavy atom. The lowest BCUT2D eigenvalue weighted by atomic mass is 10.1. The van der Waals surface area contributed by atoms with Crippen molar-refractivity contribution in [2.24, 2.45) is 4.99 Å². The van der Waals surface area contributed by atoms with Crippen molar-refractivity contribution >= 4 is 11.9 Å². The van der Waals surface area contributed by atoms with Gasteiger partial charge in [0.05, 0.1) is 0 Å². The Morgan fingerprint density at radius 1 is 1.12 bits per heavy atom. The maximum atomic E-state index is 11.5. The van der Waals surface area contributed by atoms with Crippen LogP contribution in [0.5, 0.6) is 11.5 Å². The summed E-state index contributed by atoms with van der Waals surface area (Å²) in [5.74, 6) is 2.35. The summed E-state index contributed by atoms with van der Waals surface area (Å²) >= 11 is 0. The van der Waals surface area contributed by atoms with Gasteiger partial charge in [-0.25, -0.2) is 0 Å². The molecule has 0 aliphatic carbocycles. The Hall–Kier alpha value is -2.44. The minimum Gasteiger partial charge on any atom is -0.454 e. The highest BCUT2D eigenvalue weighted by Gasteiger charge is 2.12. The molecule has 0 aromatic heterocycles. The van der Waals surface area contributed by atoms with Crippen LogP contribution in [0.2, 0.25) is 0 Å². The van der Waals surface area contributed by atoms with Gasteiger partial charge in [0.1, 0.15) is 0 Å². The van der Waals surface area contributed by atoms with Crippen LogP contribution in [-0.2, 0) is 11.2 Å². The molecular weight excluding hydrogens is 308 g/mol. The summed E-state index contributed by atoms with van der Waals surface area (Å²) in [5, 5.41) is 9.22. The van der Waals surface area contributed by atoms with Crippen LogP contribution in [0.25, 0.3) is 0 Å². The quantitative estimate of drug-likeness (QED) is 0.489. The van der Waals surface area contributed by atoms with Crippen molar-refractivity contribution < 1.29 is 14.3 Å². The summed E-state index contributed by atoms with van der Waals surface area (Å²) in [4.78, 5) is 15.7. The second-order valence-corrected chi connectivity index (χ2v) is 5.46. The van der Waals surface area contributed by atoms with E-state index in [-0.39, 0.29) is 5.91 Å². The number of benzene rings is 1. The molecule has 132 valence electrons. The van der Waals surface area contributed by atoms with Crippen LogP contribution < -0.4 is 25.4 Å². The van der Waals surface area contributed by atoms with Gasteiger partial charge < -0.3 is 25.4 Å². The largest absolute Gasteiger partial charge is 0.454 e. The molecule has 0 radical (unpaired) electrons. The summed E-state index contributed by atoms with van der Waals surface area (Å²) in [6.45, 7) is 4.34. The van der Waals surface area contributed by atoms with Gasteiger partial charge in [0.25, 0.3) is 0 Å². The molecule has 0 spiro atoms. The summed E-state index contributed by atoms with van der Waals surface area (Å²) in [5.41, 5.74) is 1.17. The molecule has 24 heavy (non-hydrogen) atoms. The number of guanidine groups is 1. The Balaban J connectivity index is 1.65. The number of carbonyl (C=O) groups is 1. The van der Waals surface area contributed by atoms with Crippen LogP contribution >= 0.6 is 0 Å². The number of aliphatic imine (C=N–C) groups is 1. The number of hydrogen-bond donors (Lipinski definition) is 3. The van der Waals surface area contributed by atoms with Gasteiger partial charge in [0.2, 0.25) is 12.7 Å². The number of rotatable bonds is 8. The predicted octanol–water partition coefficient (Wildman–Crippen LogP) is 1.04. The van der Waals surface area contributed by atoms with E-state index in [1.807, 2.05) is 25.1 Å². The zero-order valence-corrected chi connectivity index (χ0v) is 14.4. The summed E-state index contributed by atoms with van der Waals surface area (Å²) < 4.78 is 10.7. The molecule has 3 N–H and O–H groups in total. The molecule has 1 aromatic rings. The molecule has 1 aliphatic heterocycles. The molecule has 0 fully saturated rings. The minimum atomic E-state index is 0.0557. The molecule has 0 bridgehead atoms. The number of nitrogens with zero attached hydrogens (tertiary/aromatic N) is 1. The van der Waals surface area contributed by atoms with E-state index in [2.05, 4.69) is 20.9 Å². The first kappa shape index (κ1) is 17.9. The average Bonchev–Trinajstić information content (AvgIpc) is 3.06. The predicted molar refractivity (Wildman–Crippen MR) is 93.6 cm³/mol. The number of nitrogens with one attached hydrogen (secondary N) is 3. The van der Waals surface area contributed by atoms with Crippen LogP contribution in [0.1, 0.15) is 25.3 Å². The molecule has 0 saturated carbocycles. The van der Waals surface area contributed by atoms with Gasteiger partial charge in [-0.15, -0.1) is 0 Å². The summed E-state index contributed by atoms with van der Waals surface area (Å²) in [6, 6.07) is 5.96. The van der Waals surface area contributed by atoms with Crippen molar-refractivity contribution in [2.45, 2.75) is 26.2 Å². The zero-order valence-electron chi connectivity index (χ0n) is 14.4. The molecule has 7 heteroatoms. The van der Waals surface area contributed by atoms with Crippen LogP contribution in [0.4, 0.5) is 0 Å². The van der Waals surface area contributed by atoms with E-state index in [1.54, 1.807) is 7.05 Å². The fraction of sp³-hybridized carbons (Fsp3) is 0.529. The van der Waals surface area contributed by atoms with E-state index in [9.17, 15) is 4.79 Å². The molecule has 1 aromatic carbocycles. The van der Waals surface area contributed by atoms with Gasteiger partial charge in [-0.1, -0.05) is 13.0 Å². The molecule has 0 unspecified atom stereocenters. The molecule has 1 aliphatic rings. The van der Waals surface area contributed by atoms with Crippen molar-refractivity contribution in [1.29, 1.82) is 0 Å². The SMILES string of the molecule is CCCNC(=O)CCNC(=NC)NCCc1ccc2c(c1)OCO2. The van der Waals surface area contributed by atoms with E-state index < -0.39 is 0 Å². The smallest absolute Gasteiger partial charge is 0.231 e. The normalized spacial score (nSPS) is 12.8. The molecule has 1 amide bonds. The van der Waals surface area contributed by atoms with Crippen molar-refractivity contribution in [3.63, 3.8) is 0 Å². The number of fused-ring (bicyclic) bond motifs is 1. The van der Waals surface area contributed by atoms with Crippen molar-refractivity contribution in [3.05, 3.63) is 23.8 Å². The van der Waals surface area contributed by atoms with E-state index in [0.717, 1.165) is 37.4 Å². The average molecular weight is 334 g/mol.